The molecular weight excluding hydrogens is 470 g/mol. The molecule has 7 nitrogen and oxygen atoms in total. The fourth-order valence-corrected chi connectivity index (χ4v) is 5.26. The van der Waals surface area contributed by atoms with E-state index in [4.69, 9.17) is 5.73 Å². The molecule has 1 aromatic heterocycles. The highest BCUT2D eigenvalue weighted by Gasteiger charge is 2.27. The number of fused-ring (bicyclic) bond motifs is 1. The quantitative estimate of drug-likeness (QED) is 0.359. The molecule has 0 bridgehead atoms. The Balaban J connectivity index is 1.66. The van der Waals surface area contributed by atoms with E-state index in [1.54, 1.807) is 19.1 Å². The first kappa shape index (κ1) is 23.7. The van der Waals surface area contributed by atoms with Gasteiger partial charge >= 0.3 is 0 Å². The highest BCUT2D eigenvalue weighted by Crippen LogP contribution is 2.27. The van der Waals surface area contributed by atoms with Gasteiger partial charge in [0.05, 0.1) is 20.9 Å². The third kappa shape index (κ3) is 4.91. The van der Waals surface area contributed by atoms with Crippen molar-refractivity contribution in [2.24, 2.45) is 5.73 Å². The van der Waals surface area contributed by atoms with Crippen LogP contribution in [-0.2, 0) is 16.4 Å². The number of para-hydroxylation sites is 1. The summed E-state index contributed by atoms with van der Waals surface area (Å²) in [5.74, 6) is -0.862. The van der Waals surface area contributed by atoms with Crippen LogP contribution in [-0.4, -0.2) is 30.8 Å². The SMILES string of the molecule is CCS(=O)(=O)c1ccc(C(=O)NC(C(=O)c2nc3ccccc3s2)c2ccc(CN)cc2)cc1. The Labute approximate surface area is 201 Å². The summed E-state index contributed by atoms with van der Waals surface area (Å²) >= 11 is 1.27. The van der Waals surface area contributed by atoms with Crippen LogP contribution in [0.15, 0.2) is 77.7 Å². The largest absolute Gasteiger partial charge is 0.338 e. The first-order chi connectivity index (χ1) is 16.3. The minimum Gasteiger partial charge on any atom is -0.338 e. The van der Waals surface area contributed by atoms with E-state index in [1.165, 1.54) is 35.6 Å². The Morgan fingerprint density at radius 3 is 2.29 bits per heavy atom. The summed E-state index contributed by atoms with van der Waals surface area (Å²) in [6.45, 7) is 1.92. The normalized spacial score (nSPS) is 12.4. The van der Waals surface area contributed by atoms with Crippen LogP contribution in [0.25, 0.3) is 10.2 Å². The van der Waals surface area contributed by atoms with Crippen LogP contribution in [0, 0.1) is 0 Å². The molecule has 3 N–H and O–H groups in total. The zero-order chi connectivity index (χ0) is 24.3. The van der Waals surface area contributed by atoms with Crippen molar-refractivity contribution in [1.82, 2.24) is 10.3 Å². The van der Waals surface area contributed by atoms with Crippen LogP contribution in [0.1, 0.15) is 44.3 Å². The van der Waals surface area contributed by atoms with E-state index < -0.39 is 21.8 Å². The summed E-state index contributed by atoms with van der Waals surface area (Å²) in [7, 11) is -3.38. The summed E-state index contributed by atoms with van der Waals surface area (Å²) in [5, 5.41) is 3.09. The first-order valence-corrected chi connectivity index (χ1v) is 13.1. The lowest BCUT2D eigenvalue weighted by molar-refractivity contribution is 0.0857. The lowest BCUT2D eigenvalue weighted by Crippen LogP contribution is -2.34. The highest BCUT2D eigenvalue weighted by atomic mass is 32.2. The number of carbonyl (C=O) groups excluding carboxylic acids is 2. The van der Waals surface area contributed by atoms with E-state index in [0.717, 1.165) is 10.3 Å². The predicted octanol–water partition coefficient (Wildman–Crippen LogP) is 3.90. The third-order valence-corrected chi connectivity index (χ3v) is 8.25. The van der Waals surface area contributed by atoms with Crippen molar-refractivity contribution in [2.45, 2.75) is 24.4 Å². The molecule has 4 rings (SSSR count). The number of rotatable bonds is 8. The molecule has 0 saturated carbocycles. The monoisotopic (exact) mass is 493 g/mol. The molecule has 3 aromatic carbocycles. The number of nitrogens with two attached hydrogens (primary N) is 1. The van der Waals surface area contributed by atoms with Crippen LogP contribution in [0.2, 0.25) is 0 Å². The molecule has 0 saturated heterocycles. The summed E-state index contributed by atoms with van der Waals surface area (Å²) in [6.07, 6.45) is 0. The summed E-state index contributed by atoms with van der Waals surface area (Å²) in [5.41, 5.74) is 8.15. The van der Waals surface area contributed by atoms with Gasteiger partial charge in [0.25, 0.3) is 5.91 Å². The maximum atomic E-state index is 13.5. The number of sulfone groups is 1. The van der Waals surface area contributed by atoms with Crippen LogP contribution < -0.4 is 11.1 Å². The number of hydrogen-bond donors (Lipinski definition) is 2. The zero-order valence-electron chi connectivity index (χ0n) is 18.4. The molecule has 0 radical (unpaired) electrons. The molecule has 0 spiro atoms. The second kappa shape index (κ2) is 9.84. The first-order valence-electron chi connectivity index (χ1n) is 10.6. The molecule has 34 heavy (non-hydrogen) atoms. The molecule has 0 aliphatic rings. The van der Waals surface area contributed by atoms with E-state index >= 15 is 0 Å². The fraction of sp³-hybridized carbons (Fsp3) is 0.160. The molecule has 174 valence electrons. The number of ketones is 1. The number of hydrogen-bond acceptors (Lipinski definition) is 7. The smallest absolute Gasteiger partial charge is 0.252 e. The minimum atomic E-state index is -3.38. The molecule has 1 heterocycles. The van der Waals surface area contributed by atoms with Gasteiger partial charge in [0.1, 0.15) is 6.04 Å². The summed E-state index contributed by atoms with van der Waals surface area (Å²) in [4.78, 5) is 31.1. The molecule has 1 atom stereocenters. The number of aromatic nitrogens is 1. The Kier molecular flexibility index (Phi) is 6.87. The van der Waals surface area contributed by atoms with Gasteiger partial charge in [-0.05, 0) is 47.5 Å². The van der Waals surface area contributed by atoms with Crippen molar-refractivity contribution in [3.8, 4) is 0 Å². The summed E-state index contributed by atoms with van der Waals surface area (Å²) in [6, 6.07) is 19.3. The molecular formula is C25H23N3O4S2. The topological polar surface area (TPSA) is 119 Å². The van der Waals surface area contributed by atoms with Gasteiger partial charge in [0, 0.05) is 12.1 Å². The lowest BCUT2D eigenvalue weighted by Gasteiger charge is -2.18. The maximum Gasteiger partial charge on any atom is 0.252 e. The molecule has 0 aliphatic heterocycles. The standard InChI is InChI=1S/C25H23N3O4S2/c1-2-34(31,32)19-13-11-18(12-14-19)24(30)28-22(17-9-7-16(15-26)8-10-17)23(29)25-27-20-5-3-4-6-21(20)33-25/h3-14,22H,2,15,26H2,1H3,(H,28,30). The Morgan fingerprint density at radius 2 is 1.68 bits per heavy atom. The van der Waals surface area contributed by atoms with E-state index in [1.807, 2.05) is 36.4 Å². The number of nitrogens with zero attached hydrogens (tertiary/aromatic N) is 1. The molecule has 0 fully saturated rings. The van der Waals surface area contributed by atoms with Crippen LogP contribution in [0.3, 0.4) is 0 Å². The Hall–Kier alpha value is -3.40. The number of nitrogens with one attached hydrogen (secondary N) is 1. The zero-order valence-corrected chi connectivity index (χ0v) is 20.0. The number of amides is 1. The number of thiazole rings is 1. The van der Waals surface area contributed by atoms with Crippen molar-refractivity contribution >= 4 is 43.1 Å². The average Bonchev–Trinajstić information content (AvgIpc) is 3.31. The minimum absolute atomic E-state index is 0.0317. The van der Waals surface area contributed by atoms with Crippen molar-refractivity contribution in [3.05, 3.63) is 94.5 Å². The Bertz CT molecular complexity index is 1410. The van der Waals surface area contributed by atoms with E-state index in [2.05, 4.69) is 10.3 Å². The number of benzene rings is 3. The second-order valence-electron chi connectivity index (χ2n) is 7.63. The molecule has 1 amide bonds. The van der Waals surface area contributed by atoms with Crippen LogP contribution >= 0.6 is 11.3 Å². The highest BCUT2D eigenvalue weighted by molar-refractivity contribution is 7.91. The van der Waals surface area contributed by atoms with Gasteiger partial charge in [-0.15, -0.1) is 11.3 Å². The van der Waals surface area contributed by atoms with Gasteiger partial charge in [-0.2, -0.15) is 0 Å². The molecule has 9 heteroatoms. The van der Waals surface area contributed by atoms with Gasteiger partial charge in [-0.1, -0.05) is 43.3 Å². The van der Waals surface area contributed by atoms with Crippen molar-refractivity contribution in [1.29, 1.82) is 0 Å². The Morgan fingerprint density at radius 1 is 1.00 bits per heavy atom. The van der Waals surface area contributed by atoms with Gasteiger partial charge < -0.3 is 11.1 Å². The molecule has 1 unspecified atom stereocenters. The van der Waals surface area contributed by atoms with Gasteiger partial charge in [-0.3, -0.25) is 9.59 Å². The predicted molar refractivity (Wildman–Crippen MR) is 133 cm³/mol. The van der Waals surface area contributed by atoms with Crippen LogP contribution in [0.5, 0.6) is 0 Å². The van der Waals surface area contributed by atoms with E-state index in [0.29, 0.717) is 22.6 Å². The van der Waals surface area contributed by atoms with Crippen molar-refractivity contribution in [2.75, 3.05) is 5.75 Å². The van der Waals surface area contributed by atoms with E-state index in [-0.39, 0.29) is 22.0 Å². The van der Waals surface area contributed by atoms with Crippen molar-refractivity contribution < 1.29 is 18.0 Å². The maximum absolute atomic E-state index is 13.5. The van der Waals surface area contributed by atoms with E-state index in [9.17, 15) is 18.0 Å². The summed E-state index contributed by atoms with van der Waals surface area (Å²) < 4.78 is 25.0. The lowest BCUT2D eigenvalue weighted by atomic mass is 10.0. The number of Topliss-reactive ketones (excluding diaryl/α,β-unsaturated/α-hetero) is 1. The second-order valence-corrected chi connectivity index (χ2v) is 10.9. The van der Waals surface area contributed by atoms with Crippen molar-refractivity contribution in [3.63, 3.8) is 0 Å². The van der Waals surface area contributed by atoms with Crippen LogP contribution in [0.4, 0.5) is 0 Å². The molecule has 0 aliphatic carbocycles. The average molecular weight is 494 g/mol. The fourth-order valence-electron chi connectivity index (χ4n) is 3.44. The third-order valence-electron chi connectivity index (χ3n) is 5.45. The van der Waals surface area contributed by atoms with Gasteiger partial charge in [0.15, 0.2) is 14.8 Å². The van der Waals surface area contributed by atoms with Gasteiger partial charge in [0.2, 0.25) is 5.78 Å². The molecule has 4 aromatic rings. The number of carbonyl (C=O) groups is 2. The van der Waals surface area contributed by atoms with Gasteiger partial charge in [-0.25, -0.2) is 13.4 Å².